The van der Waals surface area contributed by atoms with Gasteiger partial charge in [0.1, 0.15) is 0 Å². The highest BCUT2D eigenvalue weighted by molar-refractivity contribution is 7.13. The fourth-order valence-corrected chi connectivity index (χ4v) is 1.69. The Bertz CT molecular complexity index is 361. The Balaban J connectivity index is 2.71. The molecule has 1 atom stereocenters. The standard InChI is InChI=1S/C10H13NO4S/c1-3-14-7(2)15-11-9(10(12)13)8-5-4-6-16-8/h4-7H,3H2,1-2H3,(H,12,13)/b11-9-. The first kappa shape index (κ1) is 12.7. The van der Waals surface area contributed by atoms with E-state index in [2.05, 4.69) is 5.16 Å². The number of hydrogen-bond acceptors (Lipinski definition) is 5. The van der Waals surface area contributed by atoms with Crippen LogP contribution in [0.1, 0.15) is 18.7 Å². The minimum absolute atomic E-state index is 0.110. The highest BCUT2D eigenvalue weighted by atomic mass is 32.1. The van der Waals surface area contributed by atoms with Gasteiger partial charge >= 0.3 is 5.97 Å². The van der Waals surface area contributed by atoms with Gasteiger partial charge < -0.3 is 14.7 Å². The first-order valence-corrected chi connectivity index (χ1v) is 5.65. The first-order valence-electron chi connectivity index (χ1n) is 4.77. The average Bonchev–Trinajstić information content (AvgIpc) is 2.71. The minimum atomic E-state index is -1.12. The molecule has 88 valence electrons. The molecule has 0 aliphatic carbocycles. The van der Waals surface area contributed by atoms with Crippen molar-refractivity contribution >= 4 is 23.0 Å². The van der Waals surface area contributed by atoms with Crippen molar-refractivity contribution in [3.05, 3.63) is 22.4 Å². The third kappa shape index (κ3) is 3.63. The fraction of sp³-hybridized carbons (Fsp3) is 0.400. The van der Waals surface area contributed by atoms with Crippen LogP contribution in [0.2, 0.25) is 0 Å². The predicted octanol–water partition coefficient (Wildman–Crippen LogP) is 1.94. The molecule has 0 aliphatic heterocycles. The van der Waals surface area contributed by atoms with Crippen molar-refractivity contribution in [1.82, 2.24) is 0 Å². The van der Waals surface area contributed by atoms with Crippen molar-refractivity contribution in [2.75, 3.05) is 6.61 Å². The van der Waals surface area contributed by atoms with E-state index in [1.807, 2.05) is 6.92 Å². The number of aliphatic carboxylic acids is 1. The highest BCUT2D eigenvalue weighted by Crippen LogP contribution is 2.11. The van der Waals surface area contributed by atoms with Crippen LogP contribution in [-0.2, 0) is 14.4 Å². The van der Waals surface area contributed by atoms with Crippen LogP contribution < -0.4 is 0 Å². The van der Waals surface area contributed by atoms with Gasteiger partial charge in [-0.1, -0.05) is 11.2 Å². The molecule has 1 unspecified atom stereocenters. The monoisotopic (exact) mass is 243 g/mol. The highest BCUT2D eigenvalue weighted by Gasteiger charge is 2.15. The van der Waals surface area contributed by atoms with Crippen LogP contribution in [0.25, 0.3) is 0 Å². The molecule has 0 spiro atoms. The molecular weight excluding hydrogens is 230 g/mol. The SMILES string of the molecule is CCOC(C)O/N=C(\C(=O)O)c1cccs1. The molecule has 1 aromatic heterocycles. The number of oxime groups is 1. The molecule has 1 N–H and O–H groups in total. The van der Waals surface area contributed by atoms with Crippen LogP contribution in [0, 0.1) is 0 Å². The zero-order chi connectivity index (χ0) is 12.0. The summed E-state index contributed by atoms with van der Waals surface area (Å²) in [5.74, 6) is -1.12. The molecular formula is C10H13NO4S. The number of nitrogens with zero attached hydrogens (tertiary/aromatic N) is 1. The van der Waals surface area contributed by atoms with Gasteiger partial charge in [0.05, 0.1) is 4.88 Å². The maximum Gasteiger partial charge on any atom is 0.359 e. The number of carbonyl (C=O) groups is 1. The zero-order valence-electron chi connectivity index (χ0n) is 9.04. The molecule has 0 bridgehead atoms. The van der Waals surface area contributed by atoms with Crippen LogP contribution in [0.15, 0.2) is 22.7 Å². The second-order valence-corrected chi connectivity index (χ2v) is 3.80. The molecule has 16 heavy (non-hydrogen) atoms. The summed E-state index contributed by atoms with van der Waals surface area (Å²) < 4.78 is 5.07. The van der Waals surface area contributed by atoms with Gasteiger partial charge in [0.15, 0.2) is 0 Å². The van der Waals surface area contributed by atoms with Gasteiger partial charge in [0.25, 0.3) is 0 Å². The molecule has 1 rings (SSSR count). The summed E-state index contributed by atoms with van der Waals surface area (Å²) in [6.45, 7) is 3.96. The Morgan fingerprint density at radius 1 is 1.69 bits per heavy atom. The van der Waals surface area contributed by atoms with Crippen molar-refractivity contribution in [2.45, 2.75) is 20.1 Å². The lowest BCUT2D eigenvalue weighted by molar-refractivity contribution is -0.133. The van der Waals surface area contributed by atoms with Gasteiger partial charge in [-0.15, -0.1) is 11.3 Å². The minimum Gasteiger partial charge on any atom is -0.476 e. The van der Waals surface area contributed by atoms with Crippen LogP contribution in [0.3, 0.4) is 0 Å². The molecule has 0 saturated carbocycles. The fourth-order valence-electron chi connectivity index (χ4n) is 0.995. The maximum atomic E-state index is 10.9. The third-order valence-electron chi connectivity index (χ3n) is 1.65. The number of thiophene rings is 1. The Morgan fingerprint density at radius 3 is 2.94 bits per heavy atom. The third-order valence-corrected chi connectivity index (χ3v) is 2.53. The molecule has 6 heteroatoms. The van der Waals surface area contributed by atoms with E-state index in [9.17, 15) is 4.79 Å². The van der Waals surface area contributed by atoms with E-state index in [0.717, 1.165) is 0 Å². The summed E-state index contributed by atoms with van der Waals surface area (Å²) in [5, 5.41) is 14.3. The van der Waals surface area contributed by atoms with E-state index >= 15 is 0 Å². The van der Waals surface area contributed by atoms with Crippen LogP contribution in [0.4, 0.5) is 0 Å². The molecule has 1 aromatic rings. The number of hydrogen-bond donors (Lipinski definition) is 1. The summed E-state index contributed by atoms with van der Waals surface area (Å²) in [6, 6.07) is 3.43. The Kier molecular flexibility index (Phi) is 4.94. The quantitative estimate of drug-likeness (QED) is 0.471. The van der Waals surface area contributed by atoms with Crippen molar-refractivity contribution < 1.29 is 19.5 Å². The van der Waals surface area contributed by atoms with Crippen molar-refractivity contribution in [3.8, 4) is 0 Å². The van der Waals surface area contributed by atoms with Crippen molar-refractivity contribution in [2.24, 2.45) is 5.16 Å². The lowest BCUT2D eigenvalue weighted by atomic mass is 10.3. The van der Waals surface area contributed by atoms with Gasteiger partial charge in [-0.05, 0) is 18.4 Å². The average molecular weight is 243 g/mol. The largest absolute Gasteiger partial charge is 0.476 e. The topological polar surface area (TPSA) is 68.1 Å². The van der Waals surface area contributed by atoms with E-state index < -0.39 is 12.3 Å². The van der Waals surface area contributed by atoms with Crippen molar-refractivity contribution in [3.63, 3.8) is 0 Å². The summed E-state index contributed by atoms with van der Waals surface area (Å²) in [6.07, 6.45) is -0.556. The van der Waals surface area contributed by atoms with E-state index in [0.29, 0.717) is 11.5 Å². The molecule has 1 heterocycles. The maximum absolute atomic E-state index is 10.9. The first-order chi connectivity index (χ1) is 7.65. The lowest BCUT2D eigenvalue weighted by Crippen LogP contribution is -2.16. The van der Waals surface area contributed by atoms with Crippen molar-refractivity contribution in [1.29, 1.82) is 0 Å². The van der Waals surface area contributed by atoms with Gasteiger partial charge in [-0.25, -0.2) is 4.79 Å². The van der Waals surface area contributed by atoms with Gasteiger partial charge in [0.2, 0.25) is 12.0 Å². The number of rotatable bonds is 6. The Morgan fingerprint density at radius 2 is 2.44 bits per heavy atom. The second-order valence-electron chi connectivity index (χ2n) is 2.85. The lowest BCUT2D eigenvalue weighted by Gasteiger charge is -2.09. The predicted molar refractivity (Wildman–Crippen MR) is 60.7 cm³/mol. The van der Waals surface area contributed by atoms with E-state index in [4.69, 9.17) is 14.7 Å². The van der Waals surface area contributed by atoms with Crippen LogP contribution in [-0.4, -0.2) is 29.7 Å². The zero-order valence-corrected chi connectivity index (χ0v) is 9.86. The van der Waals surface area contributed by atoms with E-state index in [1.165, 1.54) is 11.3 Å². The van der Waals surface area contributed by atoms with E-state index in [1.54, 1.807) is 24.4 Å². The normalized spacial score (nSPS) is 13.5. The number of carboxylic acid groups (broad SMARTS) is 1. The molecule has 0 fully saturated rings. The molecule has 0 amide bonds. The second kappa shape index (κ2) is 6.24. The van der Waals surface area contributed by atoms with Gasteiger partial charge in [0, 0.05) is 13.5 Å². The molecule has 0 aliphatic rings. The van der Waals surface area contributed by atoms with E-state index in [-0.39, 0.29) is 5.71 Å². The molecule has 0 radical (unpaired) electrons. The van der Waals surface area contributed by atoms with Gasteiger partial charge in [-0.2, -0.15) is 0 Å². The molecule has 5 nitrogen and oxygen atoms in total. The smallest absolute Gasteiger partial charge is 0.359 e. The molecule has 0 saturated heterocycles. The number of carboxylic acids is 1. The van der Waals surface area contributed by atoms with Crippen LogP contribution >= 0.6 is 11.3 Å². The Hall–Kier alpha value is -1.40. The Labute approximate surface area is 97.3 Å². The summed E-state index contributed by atoms with van der Waals surface area (Å²) in [5.41, 5.74) is -0.110. The summed E-state index contributed by atoms with van der Waals surface area (Å²) in [4.78, 5) is 16.4. The molecule has 0 aromatic carbocycles. The van der Waals surface area contributed by atoms with Gasteiger partial charge in [-0.3, -0.25) is 0 Å². The number of ether oxygens (including phenoxy) is 1. The van der Waals surface area contributed by atoms with Crippen LogP contribution in [0.5, 0.6) is 0 Å². The summed E-state index contributed by atoms with van der Waals surface area (Å²) in [7, 11) is 0. The summed E-state index contributed by atoms with van der Waals surface area (Å²) >= 11 is 1.29.